The van der Waals surface area contributed by atoms with Crippen molar-refractivity contribution in [3.05, 3.63) is 41.6 Å². The Labute approximate surface area is 230 Å². The van der Waals surface area contributed by atoms with Gasteiger partial charge in [-0.2, -0.15) is 10.2 Å². The van der Waals surface area contributed by atoms with E-state index in [-0.39, 0.29) is 5.91 Å². The minimum Gasteiger partial charge on any atom is -0.444 e. The molecular formula is C29H37N7O3. The van der Waals surface area contributed by atoms with E-state index in [2.05, 4.69) is 43.8 Å². The van der Waals surface area contributed by atoms with Crippen molar-refractivity contribution in [2.45, 2.75) is 65.0 Å². The first-order valence-corrected chi connectivity index (χ1v) is 13.2. The molecule has 10 nitrogen and oxygen atoms in total. The number of ether oxygens (including phenoxy) is 1. The Balaban J connectivity index is 1.52. The van der Waals surface area contributed by atoms with E-state index in [1.807, 2.05) is 12.1 Å². The number of hydrogen-bond donors (Lipinski definition) is 3. The summed E-state index contributed by atoms with van der Waals surface area (Å²) in [6, 6.07) is 8.53. The Morgan fingerprint density at radius 3 is 2.59 bits per heavy atom. The molecule has 1 saturated carbocycles. The number of aromatic nitrogens is 2. The largest absolute Gasteiger partial charge is 0.444 e. The third-order valence-corrected chi connectivity index (χ3v) is 5.96. The Morgan fingerprint density at radius 2 is 1.95 bits per heavy atom. The van der Waals surface area contributed by atoms with Crippen LogP contribution in [0.4, 0.5) is 22.2 Å². The molecule has 2 amide bonds. The normalized spacial score (nSPS) is 13.2. The summed E-state index contributed by atoms with van der Waals surface area (Å²) >= 11 is 0. The van der Waals surface area contributed by atoms with Crippen molar-refractivity contribution in [1.82, 2.24) is 20.2 Å². The van der Waals surface area contributed by atoms with Crippen molar-refractivity contribution in [2.75, 3.05) is 30.8 Å². The molecule has 1 aromatic heterocycles. The van der Waals surface area contributed by atoms with Crippen LogP contribution in [-0.2, 0) is 9.53 Å². The van der Waals surface area contributed by atoms with Gasteiger partial charge in [-0.15, -0.1) is 0 Å². The predicted molar refractivity (Wildman–Crippen MR) is 150 cm³/mol. The summed E-state index contributed by atoms with van der Waals surface area (Å²) in [6.45, 7) is 8.29. The van der Waals surface area contributed by atoms with Gasteiger partial charge in [-0.25, -0.2) is 9.78 Å². The van der Waals surface area contributed by atoms with Crippen LogP contribution >= 0.6 is 0 Å². The molecule has 1 heterocycles. The highest BCUT2D eigenvalue weighted by Gasteiger charge is 2.26. The third kappa shape index (κ3) is 9.82. The van der Waals surface area contributed by atoms with Crippen LogP contribution in [0, 0.1) is 29.1 Å². The van der Waals surface area contributed by atoms with Gasteiger partial charge in [0.1, 0.15) is 17.5 Å². The van der Waals surface area contributed by atoms with E-state index < -0.39 is 17.7 Å². The zero-order chi connectivity index (χ0) is 28.4. The quantitative estimate of drug-likeness (QED) is 0.303. The number of nitrogens with one attached hydrogen (secondary N) is 3. The molecule has 0 saturated heterocycles. The van der Waals surface area contributed by atoms with Gasteiger partial charge >= 0.3 is 6.09 Å². The van der Waals surface area contributed by atoms with Crippen LogP contribution in [0.5, 0.6) is 0 Å². The van der Waals surface area contributed by atoms with Crippen molar-refractivity contribution in [3.63, 3.8) is 0 Å². The van der Waals surface area contributed by atoms with Crippen molar-refractivity contribution >= 4 is 29.5 Å². The molecule has 1 aliphatic rings. The average Bonchev–Trinajstić information content (AvgIpc) is 3.73. The maximum absolute atomic E-state index is 12.4. The van der Waals surface area contributed by atoms with Gasteiger partial charge in [-0.1, -0.05) is 11.8 Å². The summed E-state index contributed by atoms with van der Waals surface area (Å²) in [7, 11) is 1.55. The molecule has 10 heteroatoms. The van der Waals surface area contributed by atoms with Crippen molar-refractivity contribution in [3.8, 4) is 17.9 Å². The minimum absolute atomic E-state index is 0.248. The molecule has 0 radical (unpaired) electrons. The van der Waals surface area contributed by atoms with Crippen LogP contribution in [0.15, 0.2) is 30.5 Å². The number of nitriles is 1. The number of amides is 2. The van der Waals surface area contributed by atoms with Gasteiger partial charge in [-0.3, -0.25) is 9.69 Å². The highest BCUT2D eigenvalue weighted by molar-refractivity contribution is 5.85. The predicted octanol–water partition coefficient (Wildman–Crippen LogP) is 4.42. The van der Waals surface area contributed by atoms with Gasteiger partial charge in [-0.05, 0) is 77.1 Å². The molecule has 0 bridgehead atoms. The second kappa shape index (κ2) is 13.5. The van der Waals surface area contributed by atoms with Crippen molar-refractivity contribution < 1.29 is 14.3 Å². The van der Waals surface area contributed by atoms with E-state index in [0.29, 0.717) is 48.2 Å². The number of hydrogen-bond acceptors (Lipinski definition) is 8. The van der Waals surface area contributed by atoms with Crippen LogP contribution in [0.2, 0.25) is 0 Å². The van der Waals surface area contributed by atoms with Gasteiger partial charge in [0.2, 0.25) is 11.9 Å². The van der Waals surface area contributed by atoms with E-state index in [9.17, 15) is 9.59 Å². The molecule has 3 N–H and O–H groups in total. The van der Waals surface area contributed by atoms with Crippen molar-refractivity contribution in [2.24, 2.45) is 5.92 Å². The Kier molecular flexibility index (Phi) is 10.1. The molecule has 0 unspecified atom stereocenters. The van der Waals surface area contributed by atoms with Crippen molar-refractivity contribution in [1.29, 1.82) is 5.26 Å². The molecule has 1 atom stereocenters. The Morgan fingerprint density at radius 1 is 1.23 bits per heavy atom. The highest BCUT2D eigenvalue weighted by Crippen LogP contribution is 2.29. The number of likely N-dealkylation sites (N-methyl/N-ethyl adjacent to an activating group) is 1. The number of nitrogens with zero attached hydrogens (tertiary/aromatic N) is 4. The number of unbranched alkanes of at least 4 members (excludes halogenated alkanes) is 1. The first-order chi connectivity index (χ1) is 18.6. The lowest BCUT2D eigenvalue weighted by Gasteiger charge is -2.28. The Hall–Kier alpha value is -4.31. The second-order valence-corrected chi connectivity index (χ2v) is 10.6. The summed E-state index contributed by atoms with van der Waals surface area (Å²) in [4.78, 5) is 34.9. The lowest BCUT2D eigenvalue weighted by atomic mass is 10.2. The molecule has 2 aromatic rings. The first-order valence-electron chi connectivity index (χ1n) is 13.2. The van der Waals surface area contributed by atoms with Crippen LogP contribution < -0.4 is 16.0 Å². The number of rotatable bonds is 10. The summed E-state index contributed by atoms with van der Waals surface area (Å²) < 4.78 is 5.32. The lowest BCUT2D eigenvalue weighted by molar-refractivity contribution is -0.125. The van der Waals surface area contributed by atoms with Gasteiger partial charge in [0, 0.05) is 32.2 Å². The molecule has 1 aliphatic carbocycles. The molecular weight excluding hydrogens is 494 g/mol. The summed E-state index contributed by atoms with van der Waals surface area (Å²) in [5, 5.41) is 18.4. The van der Waals surface area contributed by atoms with Crippen LogP contribution in [-0.4, -0.2) is 58.6 Å². The average molecular weight is 532 g/mol. The zero-order valence-corrected chi connectivity index (χ0v) is 23.3. The lowest BCUT2D eigenvalue weighted by Crippen LogP contribution is -2.47. The molecule has 39 heavy (non-hydrogen) atoms. The summed E-state index contributed by atoms with van der Waals surface area (Å²) in [5.74, 6) is 7.82. The minimum atomic E-state index is -0.653. The second-order valence-electron chi connectivity index (χ2n) is 10.6. The SMILES string of the molecule is C[C@@H](C(=O)NCCCC#Cc1cnc(Nc2ccc(C#N)cc2)nc1NCC1CC1)N(C)C(=O)OC(C)(C)C. The molecule has 3 rings (SSSR count). The van der Waals surface area contributed by atoms with E-state index in [1.165, 1.54) is 17.7 Å². The van der Waals surface area contributed by atoms with Gasteiger partial charge in [0.25, 0.3) is 0 Å². The fourth-order valence-corrected chi connectivity index (χ4v) is 3.35. The molecule has 206 valence electrons. The fourth-order valence-electron chi connectivity index (χ4n) is 3.35. The molecule has 0 spiro atoms. The Bertz CT molecular complexity index is 1250. The molecule has 1 aromatic carbocycles. The van der Waals surface area contributed by atoms with E-state index in [1.54, 1.807) is 53.1 Å². The number of anilines is 3. The maximum Gasteiger partial charge on any atom is 0.410 e. The number of carbonyl (C=O) groups is 2. The fraction of sp³-hybridized carbons (Fsp3) is 0.483. The van der Waals surface area contributed by atoms with Gasteiger partial charge in [0.05, 0.1) is 23.4 Å². The summed E-state index contributed by atoms with van der Waals surface area (Å²) in [5.41, 5.74) is 1.45. The highest BCUT2D eigenvalue weighted by atomic mass is 16.6. The first kappa shape index (κ1) is 29.2. The van der Waals surface area contributed by atoms with Crippen LogP contribution in [0.3, 0.4) is 0 Å². The maximum atomic E-state index is 12.4. The van der Waals surface area contributed by atoms with Gasteiger partial charge < -0.3 is 20.7 Å². The van der Waals surface area contributed by atoms with Gasteiger partial charge in [0.15, 0.2) is 0 Å². The van der Waals surface area contributed by atoms with Crippen LogP contribution in [0.25, 0.3) is 0 Å². The number of benzene rings is 1. The molecule has 1 fully saturated rings. The smallest absolute Gasteiger partial charge is 0.410 e. The standard InChI is InChI=1S/C29H37N7O3/c1-20(36(5)28(38)39-29(2,3)4)26(37)31-16-8-6-7-9-23-19-33-27(35-25(23)32-18-22-10-11-22)34-24-14-12-21(17-30)13-15-24/h12-15,19-20,22H,6,8,10-11,16,18H2,1-5H3,(H,31,37)(H2,32,33,34,35)/t20-/m0/s1. The van der Waals surface area contributed by atoms with E-state index in [0.717, 1.165) is 12.2 Å². The van der Waals surface area contributed by atoms with Crippen LogP contribution in [0.1, 0.15) is 64.5 Å². The topological polar surface area (TPSA) is 132 Å². The zero-order valence-electron chi connectivity index (χ0n) is 23.3. The van der Waals surface area contributed by atoms with E-state index >= 15 is 0 Å². The number of carbonyl (C=O) groups excluding carboxylic acids is 2. The summed E-state index contributed by atoms with van der Waals surface area (Å²) in [6.07, 6.45) is 4.82. The molecule has 0 aliphatic heterocycles. The third-order valence-electron chi connectivity index (χ3n) is 5.96. The monoisotopic (exact) mass is 531 g/mol. The van der Waals surface area contributed by atoms with E-state index in [4.69, 9.17) is 10.00 Å².